The number of hydrogen-bond donors (Lipinski definition) is 4. The van der Waals surface area contributed by atoms with Crippen LogP contribution in [0.15, 0.2) is 5.11 Å². The Bertz CT molecular complexity index is 612. The summed E-state index contributed by atoms with van der Waals surface area (Å²) >= 11 is 0. The van der Waals surface area contributed by atoms with Gasteiger partial charge in [-0.05, 0) is 5.53 Å². The van der Waals surface area contributed by atoms with Gasteiger partial charge in [-0.15, -0.1) is 0 Å². The first kappa shape index (κ1) is 26.6. The van der Waals surface area contributed by atoms with E-state index in [1.54, 1.807) is 14.7 Å². The molecule has 0 amide bonds. The molecule has 0 radical (unpaired) electrons. The van der Waals surface area contributed by atoms with Crippen LogP contribution < -0.4 is 0 Å². The number of rotatable bonds is 10. The third kappa shape index (κ3) is 12.7. The van der Waals surface area contributed by atoms with Gasteiger partial charge in [0.25, 0.3) is 0 Å². The fourth-order valence-electron chi connectivity index (χ4n) is 3.30. The van der Waals surface area contributed by atoms with Gasteiger partial charge in [-0.1, -0.05) is 5.11 Å². The third-order valence-corrected chi connectivity index (χ3v) is 4.83. The molecule has 1 heterocycles. The number of nitrogens with zero attached hydrogens (tertiary/aromatic N) is 7. The highest BCUT2D eigenvalue weighted by Gasteiger charge is 2.21. The van der Waals surface area contributed by atoms with Crippen LogP contribution in [-0.2, 0) is 14.4 Å². The van der Waals surface area contributed by atoms with E-state index >= 15 is 0 Å². The summed E-state index contributed by atoms with van der Waals surface area (Å²) in [4.78, 5) is 43.1. The minimum atomic E-state index is -1.01. The van der Waals surface area contributed by atoms with Gasteiger partial charge in [0, 0.05) is 63.8 Å². The molecule has 4 N–H and O–H groups in total. The molecule has 1 fully saturated rings. The highest BCUT2D eigenvalue weighted by atomic mass is 16.4. The molecule has 0 aliphatic carbocycles. The Morgan fingerprint density at radius 3 is 1.35 bits per heavy atom. The molecule has 0 aromatic heterocycles. The van der Waals surface area contributed by atoms with Crippen molar-refractivity contribution in [3.63, 3.8) is 0 Å². The number of hydrogen-bond acceptors (Lipinski definition) is 9. The van der Waals surface area contributed by atoms with Gasteiger partial charge in [-0.2, -0.15) is 0 Å². The zero-order chi connectivity index (χ0) is 23.2. The topological polar surface area (TPSA) is 194 Å². The molecule has 1 aliphatic heterocycles. The van der Waals surface area contributed by atoms with Crippen molar-refractivity contribution in [1.82, 2.24) is 19.6 Å². The third-order valence-electron chi connectivity index (χ3n) is 4.83. The number of β-amino-alcohol motifs (C(OH)–C–C–N with tert-alkyl or cyclic N) is 1. The van der Waals surface area contributed by atoms with Crippen molar-refractivity contribution >= 4 is 17.9 Å². The van der Waals surface area contributed by atoms with Gasteiger partial charge < -0.3 is 20.4 Å². The van der Waals surface area contributed by atoms with Crippen molar-refractivity contribution in [2.45, 2.75) is 6.10 Å². The number of carbonyl (C=O) groups is 3. The number of aliphatic hydroxyl groups excluding tert-OH is 1. The van der Waals surface area contributed by atoms with Crippen LogP contribution in [0.4, 0.5) is 0 Å². The second-order valence-corrected chi connectivity index (χ2v) is 7.38. The van der Waals surface area contributed by atoms with Crippen LogP contribution in [0.5, 0.6) is 0 Å². The first-order valence-electron chi connectivity index (χ1n) is 9.93. The molecule has 1 aliphatic rings. The van der Waals surface area contributed by atoms with E-state index in [1.807, 2.05) is 4.90 Å². The van der Waals surface area contributed by atoms with Gasteiger partial charge in [0.2, 0.25) is 0 Å². The first-order chi connectivity index (χ1) is 14.7. The van der Waals surface area contributed by atoms with E-state index in [0.29, 0.717) is 52.4 Å². The zero-order valence-corrected chi connectivity index (χ0v) is 17.4. The van der Waals surface area contributed by atoms with Crippen LogP contribution in [0.25, 0.3) is 10.4 Å². The lowest BCUT2D eigenvalue weighted by atomic mass is 10.3. The predicted octanol–water partition coefficient (Wildman–Crippen LogP) is -1.87. The molecule has 176 valence electrons. The molecule has 0 aromatic carbocycles. The molecule has 31 heavy (non-hydrogen) atoms. The predicted molar refractivity (Wildman–Crippen MR) is 109 cm³/mol. The van der Waals surface area contributed by atoms with E-state index in [9.17, 15) is 29.7 Å². The molecule has 0 bridgehead atoms. The highest BCUT2D eigenvalue weighted by molar-refractivity contribution is 5.69. The van der Waals surface area contributed by atoms with E-state index in [0.717, 1.165) is 0 Å². The molecule has 0 aromatic rings. The summed E-state index contributed by atoms with van der Waals surface area (Å²) in [6, 6.07) is 0. The SMILES string of the molecule is [N-]=[N+]=NCC(O)CN1CCN(CC(=O)O)CCN(CC(=O)O)CCN(CC(=O)O)CC1. The zero-order valence-electron chi connectivity index (χ0n) is 17.4. The molecule has 1 unspecified atom stereocenters. The van der Waals surface area contributed by atoms with Gasteiger partial charge in [0.05, 0.1) is 32.3 Å². The number of aliphatic hydroxyl groups is 1. The largest absolute Gasteiger partial charge is 0.480 e. The number of azide groups is 1. The Hall–Kier alpha value is -2.48. The molecule has 1 rings (SSSR count). The van der Waals surface area contributed by atoms with Crippen molar-refractivity contribution in [3.05, 3.63) is 10.4 Å². The van der Waals surface area contributed by atoms with Gasteiger partial charge in [0.15, 0.2) is 0 Å². The molecule has 1 atom stereocenters. The Morgan fingerprint density at radius 1 is 0.742 bits per heavy atom. The molecular formula is C17H31N7O7. The summed E-state index contributed by atoms with van der Waals surface area (Å²) in [6.45, 7) is 2.27. The van der Waals surface area contributed by atoms with Crippen LogP contribution in [0.3, 0.4) is 0 Å². The van der Waals surface area contributed by atoms with Crippen LogP contribution in [0, 0.1) is 0 Å². The quantitative estimate of drug-likeness (QED) is 0.167. The van der Waals surface area contributed by atoms with E-state index in [4.69, 9.17) is 10.6 Å². The standard InChI is InChI=1S/C17H31N7O7/c18-20-19-9-14(25)10-21-1-3-22(11-15(26)27)5-7-24(13-17(30)31)8-6-23(4-2-21)12-16(28)29/h14,25H,1-13H2,(H,26,27)(H,28,29)(H,30,31). The van der Waals surface area contributed by atoms with E-state index in [2.05, 4.69) is 10.0 Å². The number of carboxylic acid groups (broad SMARTS) is 3. The lowest BCUT2D eigenvalue weighted by Crippen LogP contribution is -2.49. The summed E-state index contributed by atoms with van der Waals surface area (Å²) in [5.41, 5.74) is 8.41. The van der Waals surface area contributed by atoms with Gasteiger partial charge >= 0.3 is 17.9 Å². The van der Waals surface area contributed by atoms with E-state index in [-0.39, 0.29) is 32.7 Å². The van der Waals surface area contributed by atoms with Crippen molar-refractivity contribution < 1.29 is 34.8 Å². The minimum absolute atomic E-state index is 0.102. The number of aliphatic carboxylic acids is 3. The van der Waals surface area contributed by atoms with Crippen LogP contribution in [0.1, 0.15) is 0 Å². The summed E-state index contributed by atoms with van der Waals surface area (Å²) in [7, 11) is 0. The minimum Gasteiger partial charge on any atom is -0.480 e. The van der Waals surface area contributed by atoms with Gasteiger partial charge in [0.1, 0.15) is 0 Å². The Kier molecular flexibility index (Phi) is 12.4. The lowest BCUT2D eigenvalue weighted by molar-refractivity contribution is -0.140. The number of carboxylic acids is 3. The Balaban J connectivity index is 2.93. The van der Waals surface area contributed by atoms with E-state index < -0.39 is 24.0 Å². The van der Waals surface area contributed by atoms with Crippen molar-refractivity contribution in [1.29, 1.82) is 0 Å². The van der Waals surface area contributed by atoms with Gasteiger partial charge in [-0.3, -0.25) is 34.0 Å². The van der Waals surface area contributed by atoms with Crippen molar-refractivity contribution in [2.75, 3.05) is 85.1 Å². The maximum atomic E-state index is 11.2. The average Bonchev–Trinajstić information content (AvgIpc) is 2.67. The fraction of sp³-hybridized carbons (Fsp3) is 0.824. The second kappa shape index (κ2) is 14.5. The molecule has 1 saturated heterocycles. The highest BCUT2D eigenvalue weighted by Crippen LogP contribution is 2.02. The Morgan fingerprint density at radius 2 is 1.06 bits per heavy atom. The van der Waals surface area contributed by atoms with Crippen LogP contribution in [-0.4, -0.2) is 149 Å². The summed E-state index contributed by atoms with van der Waals surface area (Å²) in [6.07, 6.45) is -0.907. The first-order valence-corrected chi connectivity index (χ1v) is 9.93. The fourth-order valence-corrected chi connectivity index (χ4v) is 3.30. The summed E-state index contributed by atoms with van der Waals surface area (Å²) in [5, 5.41) is 40.9. The van der Waals surface area contributed by atoms with Crippen molar-refractivity contribution in [3.8, 4) is 0 Å². The maximum absolute atomic E-state index is 11.2. The van der Waals surface area contributed by atoms with Crippen LogP contribution >= 0.6 is 0 Å². The molecular weight excluding hydrogens is 414 g/mol. The second-order valence-electron chi connectivity index (χ2n) is 7.38. The monoisotopic (exact) mass is 445 g/mol. The molecule has 14 nitrogen and oxygen atoms in total. The molecule has 0 saturated carbocycles. The van der Waals surface area contributed by atoms with Crippen molar-refractivity contribution in [2.24, 2.45) is 5.11 Å². The Labute approximate surface area is 179 Å². The average molecular weight is 445 g/mol. The van der Waals surface area contributed by atoms with Gasteiger partial charge in [-0.25, -0.2) is 0 Å². The summed E-state index contributed by atoms with van der Waals surface area (Å²) in [5.74, 6) is -3.01. The smallest absolute Gasteiger partial charge is 0.317 e. The summed E-state index contributed by atoms with van der Waals surface area (Å²) < 4.78 is 0. The molecule has 14 heteroatoms. The maximum Gasteiger partial charge on any atom is 0.317 e. The van der Waals surface area contributed by atoms with Crippen LogP contribution in [0.2, 0.25) is 0 Å². The van der Waals surface area contributed by atoms with E-state index in [1.165, 1.54) is 0 Å². The molecule has 0 spiro atoms. The lowest BCUT2D eigenvalue weighted by Gasteiger charge is -2.33. The normalized spacial score (nSPS) is 19.5.